The normalized spacial score (nSPS) is 22.1. The van der Waals surface area contributed by atoms with E-state index in [2.05, 4.69) is 21.3 Å². The molecule has 9 heteroatoms. The van der Waals surface area contributed by atoms with Crippen LogP contribution in [0.1, 0.15) is 12.8 Å². The van der Waals surface area contributed by atoms with Crippen LogP contribution < -0.4 is 21.3 Å². The van der Waals surface area contributed by atoms with Crippen molar-refractivity contribution in [3.8, 4) is 0 Å². The number of thioether (sulfide) groups is 1. The first-order valence-electron chi connectivity index (χ1n) is 8.09. The quantitative estimate of drug-likeness (QED) is 0.621. The van der Waals surface area contributed by atoms with Crippen molar-refractivity contribution in [2.24, 2.45) is 0 Å². The Morgan fingerprint density at radius 2 is 1.92 bits per heavy atom. The van der Waals surface area contributed by atoms with E-state index in [9.17, 15) is 9.59 Å². The highest BCUT2D eigenvalue weighted by Gasteiger charge is 2.22. The molecule has 0 spiro atoms. The maximum Gasteiger partial charge on any atom is 0.319 e. The third kappa shape index (κ3) is 6.07. The molecule has 3 rings (SSSR count). The van der Waals surface area contributed by atoms with Gasteiger partial charge in [0.05, 0.1) is 12.1 Å². The van der Waals surface area contributed by atoms with E-state index in [1.54, 1.807) is 36.0 Å². The second-order valence-corrected chi connectivity index (χ2v) is 6.84. The van der Waals surface area contributed by atoms with Crippen molar-refractivity contribution < 1.29 is 14.3 Å². The molecule has 1 aromatic carbocycles. The van der Waals surface area contributed by atoms with Gasteiger partial charge in [-0.3, -0.25) is 10.1 Å². The summed E-state index contributed by atoms with van der Waals surface area (Å²) >= 11 is 1.71. The van der Waals surface area contributed by atoms with Crippen molar-refractivity contribution in [1.82, 2.24) is 10.6 Å². The van der Waals surface area contributed by atoms with E-state index in [1.165, 1.54) is 0 Å². The summed E-state index contributed by atoms with van der Waals surface area (Å²) in [6.45, 7) is 1.29. The molecular formula is C16H23ClN4O3S. The molecule has 2 unspecified atom stereocenters. The highest BCUT2D eigenvalue weighted by molar-refractivity contribution is 7.99. The van der Waals surface area contributed by atoms with Gasteiger partial charge in [-0.1, -0.05) is 0 Å². The number of urea groups is 1. The summed E-state index contributed by atoms with van der Waals surface area (Å²) in [5.41, 5.74) is 1.39. The van der Waals surface area contributed by atoms with Gasteiger partial charge >= 0.3 is 6.03 Å². The third-order valence-corrected chi connectivity index (χ3v) is 4.90. The van der Waals surface area contributed by atoms with E-state index in [0.29, 0.717) is 17.9 Å². The first-order valence-corrected chi connectivity index (χ1v) is 9.25. The van der Waals surface area contributed by atoms with Crippen LogP contribution in [0, 0.1) is 0 Å². The fourth-order valence-corrected chi connectivity index (χ4v) is 3.56. The van der Waals surface area contributed by atoms with E-state index in [0.717, 1.165) is 31.1 Å². The monoisotopic (exact) mass is 386 g/mol. The highest BCUT2D eigenvalue weighted by atomic mass is 35.5. The summed E-state index contributed by atoms with van der Waals surface area (Å²) < 4.78 is 5.46. The minimum Gasteiger partial charge on any atom is -0.376 e. The summed E-state index contributed by atoms with van der Waals surface area (Å²) in [5.74, 6) is 1.56. The van der Waals surface area contributed by atoms with E-state index >= 15 is 0 Å². The van der Waals surface area contributed by atoms with E-state index in [4.69, 9.17) is 4.74 Å². The van der Waals surface area contributed by atoms with Crippen LogP contribution in [-0.2, 0) is 9.53 Å². The number of ether oxygens (including phenoxy) is 1. The number of amides is 3. The topological polar surface area (TPSA) is 91.5 Å². The van der Waals surface area contributed by atoms with Crippen LogP contribution in [0.5, 0.6) is 0 Å². The summed E-state index contributed by atoms with van der Waals surface area (Å²) in [7, 11) is 0. The van der Waals surface area contributed by atoms with E-state index in [1.807, 2.05) is 0 Å². The van der Waals surface area contributed by atoms with Gasteiger partial charge in [0.15, 0.2) is 0 Å². The van der Waals surface area contributed by atoms with E-state index in [-0.39, 0.29) is 36.5 Å². The smallest absolute Gasteiger partial charge is 0.319 e. The fourth-order valence-electron chi connectivity index (χ4n) is 2.62. The van der Waals surface area contributed by atoms with Gasteiger partial charge in [-0.15, -0.1) is 24.2 Å². The van der Waals surface area contributed by atoms with E-state index < -0.39 is 0 Å². The fraction of sp³-hybridized carbons (Fsp3) is 0.500. The van der Waals surface area contributed by atoms with Crippen molar-refractivity contribution in [3.05, 3.63) is 24.3 Å². The Hall–Kier alpha value is -1.48. The molecule has 2 heterocycles. The maximum atomic E-state index is 12.0. The number of carbonyl (C=O) groups is 2. The molecule has 25 heavy (non-hydrogen) atoms. The molecule has 0 saturated carbocycles. The molecule has 2 atom stereocenters. The first-order chi connectivity index (χ1) is 11.7. The lowest BCUT2D eigenvalue weighted by atomic mass is 10.2. The SMILES string of the molecule is Cl.O=C(NCC1CCCO1)Nc1ccc(NC(=O)C2CSCN2)cc1. The van der Waals surface area contributed by atoms with Gasteiger partial charge in [0.2, 0.25) is 5.91 Å². The lowest BCUT2D eigenvalue weighted by Gasteiger charge is -2.13. The lowest BCUT2D eigenvalue weighted by molar-refractivity contribution is -0.117. The lowest BCUT2D eigenvalue weighted by Crippen LogP contribution is -2.37. The van der Waals surface area contributed by atoms with Gasteiger partial charge in [0.25, 0.3) is 0 Å². The molecule has 2 fully saturated rings. The molecule has 7 nitrogen and oxygen atoms in total. The van der Waals surface area contributed by atoms with Gasteiger partial charge in [-0.25, -0.2) is 4.79 Å². The van der Waals surface area contributed by atoms with Crippen molar-refractivity contribution in [1.29, 1.82) is 0 Å². The number of halogens is 1. The van der Waals surface area contributed by atoms with Crippen molar-refractivity contribution in [2.75, 3.05) is 35.4 Å². The van der Waals surface area contributed by atoms with Crippen molar-refractivity contribution in [3.63, 3.8) is 0 Å². The predicted molar refractivity (Wildman–Crippen MR) is 103 cm³/mol. The summed E-state index contributed by atoms with van der Waals surface area (Å²) in [5, 5.41) is 11.6. The van der Waals surface area contributed by atoms with Crippen LogP contribution in [0.2, 0.25) is 0 Å². The molecule has 3 amide bonds. The van der Waals surface area contributed by atoms with Crippen LogP contribution >= 0.6 is 24.2 Å². The molecule has 2 saturated heterocycles. The number of hydrogen-bond donors (Lipinski definition) is 4. The molecule has 138 valence electrons. The molecule has 0 bridgehead atoms. The minimum atomic E-state index is -0.255. The Morgan fingerprint density at radius 1 is 1.20 bits per heavy atom. The second-order valence-electron chi connectivity index (χ2n) is 5.81. The molecule has 2 aliphatic rings. The largest absolute Gasteiger partial charge is 0.376 e. The molecule has 0 aliphatic carbocycles. The van der Waals surface area contributed by atoms with Crippen LogP contribution in [0.4, 0.5) is 16.2 Å². The average molecular weight is 387 g/mol. The molecule has 0 radical (unpaired) electrons. The summed E-state index contributed by atoms with van der Waals surface area (Å²) in [6.07, 6.45) is 2.16. The Labute approximate surface area is 157 Å². The highest BCUT2D eigenvalue weighted by Crippen LogP contribution is 2.16. The van der Waals surface area contributed by atoms with Gasteiger partial charge in [-0.2, -0.15) is 0 Å². The first kappa shape index (κ1) is 19.8. The Kier molecular flexibility index (Phi) is 7.83. The van der Waals surface area contributed by atoms with Crippen LogP contribution in [-0.4, -0.2) is 48.9 Å². The van der Waals surface area contributed by atoms with Crippen LogP contribution in [0.25, 0.3) is 0 Å². The number of nitrogens with one attached hydrogen (secondary N) is 4. The third-order valence-electron chi connectivity index (χ3n) is 3.96. The molecule has 1 aromatic rings. The predicted octanol–water partition coefficient (Wildman–Crippen LogP) is 2.01. The van der Waals surface area contributed by atoms with Gasteiger partial charge in [-0.05, 0) is 37.1 Å². The Bertz CT molecular complexity index is 575. The summed E-state index contributed by atoms with van der Waals surface area (Å²) in [6, 6.07) is 6.67. The second kappa shape index (κ2) is 9.86. The molecular weight excluding hydrogens is 364 g/mol. The van der Waals surface area contributed by atoms with Crippen LogP contribution in [0.3, 0.4) is 0 Å². The zero-order valence-corrected chi connectivity index (χ0v) is 15.4. The van der Waals surface area contributed by atoms with Crippen LogP contribution in [0.15, 0.2) is 24.3 Å². The maximum absolute atomic E-state index is 12.0. The average Bonchev–Trinajstić information content (AvgIpc) is 3.28. The number of rotatable bonds is 5. The van der Waals surface area contributed by atoms with Gasteiger partial charge < -0.3 is 20.7 Å². The number of carbonyl (C=O) groups excluding carboxylic acids is 2. The number of benzene rings is 1. The molecule has 2 aliphatic heterocycles. The Balaban J connectivity index is 0.00000225. The standard InChI is InChI=1S/C16H22N4O3S.ClH/c21-15(14-9-24-10-18-14)19-11-3-5-12(6-4-11)20-16(22)17-8-13-2-1-7-23-13;/h3-6,13-14,18H,1-2,7-10H2,(H,19,21)(H2,17,20,22);1H. The number of anilines is 2. The zero-order chi connectivity index (χ0) is 16.8. The Morgan fingerprint density at radius 3 is 2.52 bits per heavy atom. The van der Waals surface area contributed by atoms with Crippen molar-refractivity contribution >= 4 is 47.5 Å². The molecule has 0 aromatic heterocycles. The number of hydrogen-bond acceptors (Lipinski definition) is 5. The summed E-state index contributed by atoms with van der Waals surface area (Å²) in [4.78, 5) is 23.9. The van der Waals surface area contributed by atoms with Gasteiger partial charge in [0.1, 0.15) is 0 Å². The minimum absolute atomic E-state index is 0. The van der Waals surface area contributed by atoms with Crippen molar-refractivity contribution in [2.45, 2.75) is 25.0 Å². The zero-order valence-electron chi connectivity index (χ0n) is 13.7. The molecule has 4 N–H and O–H groups in total. The van der Waals surface area contributed by atoms with Gasteiger partial charge in [0, 0.05) is 36.2 Å².